The predicted molar refractivity (Wildman–Crippen MR) is 77.4 cm³/mol. The second kappa shape index (κ2) is 6.58. The summed E-state index contributed by atoms with van der Waals surface area (Å²) in [5.41, 5.74) is 0.261. The van der Waals surface area contributed by atoms with Gasteiger partial charge < -0.3 is 4.90 Å². The van der Waals surface area contributed by atoms with Crippen LogP contribution in [0.25, 0.3) is 0 Å². The molecule has 106 valence electrons. The van der Waals surface area contributed by atoms with Crippen LogP contribution in [0.3, 0.4) is 0 Å². The lowest BCUT2D eigenvalue weighted by Crippen LogP contribution is -2.20. The van der Waals surface area contributed by atoms with Gasteiger partial charge in [0.1, 0.15) is 0 Å². The molecule has 0 fully saturated rings. The number of nitrogens with zero attached hydrogens (tertiary/aromatic N) is 2. The second-order valence-electron chi connectivity index (χ2n) is 4.61. The minimum atomic E-state index is -0.779. The van der Waals surface area contributed by atoms with Gasteiger partial charge in [-0.15, -0.1) is 11.3 Å². The van der Waals surface area contributed by atoms with E-state index < -0.39 is 16.4 Å². The van der Waals surface area contributed by atoms with Gasteiger partial charge in [-0.05, 0) is 36.5 Å². The van der Waals surface area contributed by atoms with Gasteiger partial charge in [0.15, 0.2) is 0 Å². The third-order valence-corrected chi connectivity index (χ3v) is 3.92. The van der Waals surface area contributed by atoms with Crippen molar-refractivity contribution in [3.8, 4) is 0 Å². The van der Waals surface area contributed by atoms with Crippen molar-refractivity contribution in [1.29, 1.82) is 0 Å². The first-order valence-corrected chi connectivity index (χ1v) is 7.08. The quantitative estimate of drug-likeness (QED) is 0.605. The molecule has 1 aromatic heterocycles. The summed E-state index contributed by atoms with van der Waals surface area (Å²) in [6.45, 7) is 1.43. The highest BCUT2D eigenvalue weighted by molar-refractivity contribution is 7.09. The van der Waals surface area contributed by atoms with E-state index >= 15 is 0 Å². The summed E-state index contributed by atoms with van der Waals surface area (Å²) in [6.07, 6.45) is 0.948. The lowest BCUT2D eigenvalue weighted by Gasteiger charge is -2.16. The molecular weight excluding hydrogens is 279 g/mol. The Kier molecular flexibility index (Phi) is 4.81. The molecule has 0 saturated carbocycles. The fourth-order valence-corrected chi connectivity index (χ4v) is 2.64. The summed E-state index contributed by atoms with van der Waals surface area (Å²) in [4.78, 5) is 13.2. The van der Waals surface area contributed by atoms with Crippen molar-refractivity contribution in [2.24, 2.45) is 0 Å². The van der Waals surface area contributed by atoms with Crippen LogP contribution in [0.5, 0.6) is 0 Å². The van der Waals surface area contributed by atoms with Gasteiger partial charge in [0.25, 0.3) is 0 Å². The van der Waals surface area contributed by atoms with Crippen molar-refractivity contribution in [3.63, 3.8) is 0 Å². The highest BCUT2D eigenvalue weighted by atomic mass is 32.1. The fourth-order valence-electron chi connectivity index (χ4n) is 1.94. The molecule has 0 aliphatic heterocycles. The topological polar surface area (TPSA) is 46.4 Å². The third kappa shape index (κ3) is 3.85. The molecule has 0 N–H and O–H groups in total. The number of nitro groups is 1. The van der Waals surface area contributed by atoms with Crippen LogP contribution < -0.4 is 0 Å². The van der Waals surface area contributed by atoms with Crippen LogP contribution in [0.2, 0.25) is 0 Å². The number of hydrogen-bond acceptors (Lipinski definition) is 4. The Morgan fingerprint density at radius 2 is 2.20 bits per heavy atom. The molecule has 0 radical (unpaired) electrons. The number of benzene rings is 1. The lowest BCUT2D eigenvalue weighted by atomic mass is 10.2. The normalized spacial score (nSPS) is 10.9. The molecule has 20 heavy (non-hydrogen) atoms. The van der Waals surface area contributed by atoms with E-state index in [0.29, 0.717) is 6.54 Å². The maximum atomic E-state index is 13.5. The van der Waals surface area contributed by atoms with E-state index in [1.807, 2.05) is 18.5 Å². The summed E-state index contributed by atoms with van der Waals surface area (Å²) in [7, 11) is 1.95. The van der Waals surface area contributed by atoms with Gasteiger partial charge >= 0.3 is 5.69 Å². The minimum absolute atomic E-state index is 0.477. The van der Waals surface area contributed by atoms with Crippen LogP contribution in [0, 0.1) is 15.9 Å². The molecule has 0 spiro atoms. The average Bonchev–Trinajstić information content (AvgIpc) is 2.89. The Morgan fingerprint density at radius 1 is 1.40 bits per heavy atom. The average molecular weight is 294 g/mol. The summed E-state index contributed by atoms with van der Waals surface area (Å²) in [5, 5.41) is 12.6. The first-order chi connectivity index (χ1) is 9.56. The molecule has 0 bridgehead atoms. The minimum Gasteiger partial charge on any atom is -0.302 e. The molecule has 6 heteroatoms. The summed E-state index contributed by atoms with van der Waals surface area (Å²) < 4.78 is 13.5. The van der Waals surface area contributed by atoms with Crippen molar-refractivity contribution < 1.29 is 9.31 Å². The van der Waals surface area contributed by atoms with Gasteiger partial charge in [0.2, 0.25) is 5.82 Å². The lowest BCUT2D eigenvalue weighted by molar-refractivity contribution is -0.387. The first kappa shape index (κ1) is 14.6. The zero-order valence-electron chi connectivity index (χ0n) is 11.1. The van der Waals surface area contributed by atoms with Crippen molar-refractivity contribution in [2.75, 3.05) is 13.6 Å². The van der Waals surface area contributed by atoms with E-state index in [2.05, 4.69) is 11.0 Å². The molecule has 2 aromatic rings. The zero-order valence-corrected chi connectivity index (χ0v) is 11.9. The molecule has 1 heterocycles. The summed E-state index contributed by atoms with van der Waals surface area (Å²) in [6, 6.07) is 8.16. The van der Waals surface area contributed by atoms with Gasteiger partial charge in [-0.2, -0.15) is 4.39 Å². The monoisotopic (exact) mass is 294 g/mol. The largest absolute Gasteiger partial charge is 0.304 e. The van der Waals surface area contributed by atoms with E-state index in [0.717, 1.165) is 18.5 Å². The molecule has 0 atom stereocenters. The number of halogens is 1. The molecule has 2 rings (SSSR count). The van der Waals surface area contributed by atoms with Crippen LogP contribution in [-0.4, -0.2) is 23.4 Å². The van der Waals surface area contributed by atoms with Crippen LogP contribution in [0.1, 0.15) is 10.4 Å². The van der Waals surface area contributed by atoms with E-state index in [1.165, 1.54) is 17.0 Å². The molecule has 0 unspecified atom stereocenters. The van der Waals surface area contributed by atoms with E-state index in [-0.39, 0.29) is 0 Å². The molecule has 0 amide bonds. The summed E-state index contributed by atoms with van der Waals surface area (Å²) >= 11 is 1.72. The second-order valence-corrected chi connectivity index (χ2v) is 5.64. The van der Waals surface area contributed by atoms with E-state index in [1.54, 1.807) is 17.4 Å². The number of thiophene rings is 1. The zero-order chi connectivity index (χ0) is 14.5. The molecule has 4 nitrogen and oxygen atoms in total. The smallest absolute Gasteiger partial charge is 0.302 e. The van der Waals surface area contributed by atoms with Crippen LogP contribution in [0.4, 0.5) is 10.1 Å². The fraction of sp³-hybridized carbons (Fsp3) is 0.286. The van der Waals surface area contributed by atoms with Gasteiger partial charge in [0, 0.05) is 24.0 Å². The van der Waals surface area contributed by atoms with Crippen LogP contribution >= 0.6 is 11.3 Å². The van der Waals surface area contributed by atoms with E-state index in [9.17, 15) is 14.5 Å². The maximum absolute atomic E-state index is 13.5. The Labute approximate surface area is 120 Å². The highest BCUT2D eigenvalue weighted by Gasteiger charge is 2.14. The highest BCUT2D eigenvalue weighted by Crippen LogP contribution is 2.19. The van der Waals surface area contributed by atoms with Gasteiger partial charge in [0.05, 0.1) is 4.92 Å². The first-order valence-electron chi connectivity index (χ1n) is 6.20. The Balaban J connectivity index is 1.92. The van der Waals surface area contributed by atoms with Crippen LogP contribution in [0.15, 0.2) is 35.7 Å². The van der Waals surface area contributed by atoms with Gasteiger partial charge in [-0.3, -0.25) is 10.1 Å². The Bertz CT molecular complexity index is 587. The number of rotatable bonds is 6. The van der Waals surface area contributed by atoms with Gasteiger partial charge in [-0.1, -0.05) is 12.1 Å². The van der Waals surface area contributed by atoms with Crippen molar-refractivity contribution >= 4 is 17.0 Å². The Hall–Kier alpha value is -1.79. The van der Waals surface area contributed by atoms with E-state index in [4.69, 9.17) is 0 Å². The molecule has 1 aromatic carbocycles. The summed E-state index contributed by atoms with van der Waals surface area (Å²) in [5.74, 6) is -0.779. The SMILES string of the molecule is CN(CCc1cccs1)Cc1ccc([N+](=O)[O-])c(F)c1. The number of likely N-dealkylation sites (N-methyl/N-ethyl adjacent to an activating group) is 1. The number of nitro benzene ring substituents is 1. The third-order valence-electron chi connectivity index (χ3n) is 2.98. The molecule has 0 saturated heterocycles. The predicted octanol–water partition coefficient (Wildman–Crippen LogP) is 3.47. The molecule has 0 aliphatic carbocycles. The molecular formula is C14H15FN2O2S. The van der Waals surface area contributed by atoms with Crippen molar-refractivity contribution in [1.82, 2.24) is 4.90 Å². The molecule has 0 aliphatic rings. The maximum Gasteiger partial charge on any atom is 0.304 e. The van der Waals surface area contributed by atoms with Crippen molar-refractivity contribution in [3.05, 3.63) is 62.1 Å². The van der Waals surface area contributed by atoms with Crippen molar-refractivity contribution in [2.45, 2.75) is 13.0 Å². The number of hydrogen-bond donors (Lipinski definition) is 0. The standard InChI is InChI=1S/C14H15FN2O2S/c1-16(7-6-12-3-2-8-20-12)10-11-4-5-14(17(18)19)13(15)9-11/h2-5,8-9H,6-7,10H2,1H3. The van der Waals surface area contributed by atoms with Crippen LogP contribution in [-0.2, 0) is 13.0 Å². The Morgan fingerprint density at radius 3 is 2.80 bits per heavy atom. The van der Waals surface area contributed by atoms with Gasteiger partial charge in [-0.25, -0.2) is 0 Å².